The number of likely N-dealkylation sites (tertiary alicyclic amines) is 1. The Kier molecular flexibility index (Phi) is 5.58. The number of amides is 1. The van der Waals surface area contributed by atoms with E-state index in [9.17, 15) is 18.0 Å². The molecule has 0 aliphatic carbocycles. The summed E-state index contributed by atoms with van der Waals surface area (Å²) in [6, 6.07) is 11.4. The standard InChI is InChI=1S/C23H23F3N4O/c1-28-11-10-19(14-28)29(2)21(31)9-8-16-12-17(23(24,25)26)13-20-22(16)30(15-27-20)18-6-4-3-5-7-18/h3-9,12-13,15,19H,10-11,14H2,1-2H3/b9-8+. The molecule has 2 heterocycles. The Morgan fingerprint density at radius 2 is 1.97 bits per heavy atom. The Labute approximate surface area is 178 Å². The second-order valence-corrected chi connectivity index (χ2v) is 7.87. The number of hydrogen-bond donors (Lipinski definition) is 0. The van der Waals surface area contributed by atoms with Crippen molar-refractivity contribution in [3.63, 3.8) is 0 Å². The van der Waals surface area contributed by atoms with Crippen LogP contribution in [0, 0.1) is 0 Å². The van der Waals surface area contributed by atoms with Gasteiger partial charge in [0, 0.05) is 37.0 Å². The Bertz CT molecular complexity index is 1120. The number of fused-ring (bicyclic) bond motifs is 1. The SMILES string of the molecule is CN1CCC(N(C)C(=O)/C=C/c2cc(C(F)(F)F)cc3ncn(-c4ccccc4)c23)C1. The molecule has 0 bridgehead atoms. The summed E-state index contributed by atoms with van der Waals surface area (Å²) in [4.78, 5) is 20.7. The number of likely N-dealkylation sites (N-methyl/N-ethyl adjacent to an activating group) is 2. The first-order valence-electron chi connectivity index (χ1n) is 10.0. The van der Waals surface area contributed by atoms with E-state index >= 15 is 0 Å². The lowest BCUT2D eigenvalue weighted by Crippen LogP contribution is -2.37. The van der Waals surface area contributed by atoms with Gasteiger partial charge in [0.2, 0.25) is 5.91 Å². The van der Waals surface area contributed by atoms with E-state index in [2.05, 4.69) is 9.88 Å². The molecule has 1 atom stereocenters. The minimum absolute atomic E-state index is 0.0959. The Balaban J connectivity index is 1.75. The van der Waals surface area contributed by atoms with Crippen LogP contribution in [-0.4, -0.2) is 58.5 Å². The third kappa shape index (κ3) is 4.34. The first-order chi connectivity index (χ1) is 14.7. The van der Waals surface area contributed by atoms with Crippen LogP contribution in [0.4, 0.5) is 13.2 Å². The summed E-state index contributed by atoms with van der Waals surface area (Å²) in [6.07, 6.45) is 0.662. The van der Waals surface area contributed by atoms with Gasteiger partial charge in [-0.2, -0.15) is 13.2 Å². The highest BCUT2D eigenvalue weighted by Crippen LogP contribution is 2.34. The van der Waals surface area contributed by atoms with Crippen molar-refractivity contribution in [1.82, 2.24) is 19.4 Å². The second-order valence-electron chi connectivity index (χ2n) is 7.87. The van der Waals surface area contributed by atoms with Crippen LogP contribution in [0.3, 0.4) is 0 Å². The Hall–Kier alpha value is -3.13. The summed E-state index contributed by atoms with van der Waals surface area (Å²) >= 11 is 0. The van der Waals surface area contributed by atoms with Gasteiger partial charge in [-0.25, -0.2) is 4.98 Å². The van der Waals surface area contributed by atoms with Gasteiger partial charge < -0.3 is 9.80 Å². The van der Waals surface area contributed by atoms with Crippen LogP contribution < -0.4 is 0 Å². The summed E-state index contributed by atoms with van der Waals surface area (Å²) in [5.74, 6) is -0.239. The van der Waals surface area contributed by atoms with Gasteiger partial charge >= 0.3 is 6.18 Å². The number of hydrogen-bond acceptors (Lipinski definition) is 3. The zero-order valence-corrected chi connectivity index (χ0v) is 17.3. The molecule has 31 heavy (non-hydrogen) atoms. The van der Waals surface area contributed by atoms with E-state index in [1.54, 1.807) is 16.5 Å². The predicted octanol–water partition coefficient (Wildman–Crippen LogP) is 4.22. The summed E-state index contributed by atoms with van der Waals surface area (Å²) in [5.41, 5.74) is 1.01. The van der Waals surface area contributed by atoms with Crippen LogP contribution in [0.15, 0.2) is 54.9 Å². The zero-order valence-electron chi connectivity index (χ0n) is 17.3. The molecule has 4 rings (SSSR count). The summed E-state index contributed by atoms with van der Waals surface area (Å²) in [6.45, 7) is 1.70. The van der Waals surface area contributed by atoms with E-state index in [0.29, 0.717) is 5.52 Å². The number of imidazole rings is 1. The molecule has 0 saturated carbocycles. The van der Waals surface area contributed by atoms with Gasteiger partial charge in [-0.05, 0) is 50.4 Å². The Morgan fingerprint density at radius 1 is 1.23 bits per heavy atom. The van der Waals surface area contributed by atoms with E-state index in [1.165, 1.54) is 18.5 Å². The minimum Gasteiger partial charge on any atom is -0.338 e. The van der Waals surface area contributed by atoms with Gasteiger partial charge in [-0.1, -0.05) is 18.2 Å². The van der Waals surface area contributed by atoms with Crippen LogP contribution in [0.25, 0.3) is 22.8 Å². The molecule has 1 unspecified atom stereocenters. The third-order valence-electron chi connectivity index (χ3n) is 5.70. The lowest BCUT2D eigenvalue weighted by molar-refractivity contribution is -0.137. The molecule has 8 heteroatoms. The van der Waals surface area contributed by atoms with Crippen molar-refractivity contribution >= 4 is 23.0 Å². The maximum atomic E-state index is 13.5. The van der Waals surface area contributed by atoms with Crippen LogP contribution >= 0.6 is 0 Å². The van der Waals surface area contributed by atoms with E-state index in [-0.39, 0.29) is 23.0 Å². The molecule has 1 amide bonds. The number of carbonyl (C=O) groups excluding carboxylic acids is 1. The number of nitrogens with zero attached hydrogens (tertiary/aromatic N) is 4. The molecule has 1 aliphatic heterocycles. The quantitative estimate of drug-likeness (QED) is 0.585. The van der Waals surface area contributed by atoms with Gasteiger partial charge in [0.25, 0.3) is 0 Å². The molecular weight excluding hydrogens is 405 g/mol. The zero-order chi connectivity index (χ0) is 22.2. The minimum atomic E-state index is -4.51. The van der Waals surface area contributed by atoms with Gasteiger partial charge in [0.15, 0.2) is 0 Å². The van der Waals surface area contributed by atoms with E-state index in [1.807, 2.05) is 37.4 Å². The first-order valence-corrected chi connectivity index (χ1v) is 10.0. The van der Waals surface area contributed by atoms with Gasteiger partial charge in [-0.15, -0.1) is 0 Å². The first kappa shape index (κ1) is 21.1. The number of carbonyl (C=O) groups is 1. The normalized spacial score (nSPS) is 17.6. The average molecular weight is 428 g/mol. The molecule has 1 aliphatic rings. The van der Waals surface area contributed by atoms with Crippen molar-refractivity contribution in [2.75, 3.05) is 27.2 Å². The molecule has 2 aromatic carbocycles. The fourth-order valence-corrected chi connectivity index (χ4v) is 3.94. The second kappa shape index (κ2) is 8.19. The number of para-hydroxylation sites is 1. The van der Waals surface area contributed by atoms with Crippen molar-refractivity contribution < 1.29 is 18.0 Å². The average Bonchev–Trinajstić information content (AvgIpc) is 3.37. The maximum Gasteiger partial charge on any atom is 0.416 e. The predicted molar refractivity (Wildman–Crippen MR) is 114 cm³/mol. The largest absolute Gasteiger partial charge is 0.416 e. The molecule has 1 fully saturated rings. The van der Waals surface area contributed by atoms with Crippen LogP contribution in [-0.2, 0) is 11.0 Å². The highest BCUT2D eigenvalue weighted by Gasteiger charge is 2.32. The number of alkyl halides is 3. The van der Waals surface area contributed by atoms with Gasteiger partial charge in [0.05, 0.1) is 16.6 Å². The highest BCUT2D eigenvalue weighted by atomic mass is 19.4. The lowest BCUT2D eigenvalue weighted by Gasteiger charge is -2.23. The van der Waals surface area contributed by atoms with E-state index in [0.717, 1.165) is 37.3 Å². The molecule has 5 nitrogen and oxygen atoms in total. The number of halogens is 3. The molecule has 1 saturated heterocycles. The van der Waals surface area contributed by atoms with E-state index < -0.39 is 11.7 Å². The Morgan fingerprint density at radius 3 is 2.61 bits per heavy atom. The topological polar surface area (TPSA) is 41.4 Å². The highest BCUT2D eigenvalue weighted by molar-refractivity contribution is 5.95. The van der Waals surface area contributed by atoms with Crippen molar-refractivity contribution in [3.8, 4) is 5.69 Å². The number of benzene rings is 2. The van der Waals surface area contributed by atoms with Crippen molar-refractivity contribution in [2.24, 2.45) is 0 Å². The molecule has 162 valence electrons. The monoisotopic (exact) mass is 428 g/mol. The van der Waals surface area contributed by atoms with E-state index in [4.69, 9.17) is 0 Å². The molecule has 0 N–H and O–H groups in total. The summed E-state index contributed by atoms with van der Waals surface area (Å²) < 4.78 is 42.1. The van der Waals surface area contributed by atoms with Crippen LogP contribution in [0.5, 0.6) is 0 Å². The molecule has 0 spiro atoms. The van der Waals surface area contributed by atoms with Gasteiger partial charge in [-0.3, -0.25) is 9.36 Å². The fraction of sp³-hybridized carbons (Fsp3) is 0.304. The third-order valence-corrected chi connectivity index (χ3v) is 5.70. The van der Waals surface area contributed by atoms with Gasteiger partial charge in [0.1, 0.15) is 6.33 Å². The summed E-state index contributed by atoms with van der Waals surface area (Å²) in [7, 11) is 3.73. The molecule has 1 aromatic heterocycles. The maximum absolute atomic E-state index is 13.5. The van der Waals surface area contributed by atoms with Crippen molar-refractivity contribution in [3.05, 3.63) is 66.0 Å². The fourth-order valence-electron chi connectivity index (χ4n) is 3.94. The smallest absolute Gasteiger partial charge is 0.338 e. The number of aromatic nitrogens is 2. The van der Waals surface area contributed by atoms with Crippen LogP contribution in [0.2, 0.25) is 0 Å². The van der Waals surface area contributed by atoms with Crippen molar-refractivity contribution in [1.29, 1.82) is 0 Å². The molecule has 3 aromatic rings. The lowest BCUT2D eigenvalue weighted by atomic mass is 10.1. The molecular formula is C23H23F3N4O. The van der Waals surface area contributed by atoms with Crippen molar-refractivity contribution in [2.45, 2.75) is 18.6 Å². The van der Waals surface area contributed by atoms with Crippen LogP contribution in [0.1, 0.15) is 17.5 Å². The molecule has 0 radical (unpaired) electrons. The summed E-state index contributed by atoms with van der Waals surface area (Å²) in [5, 5.41) is 0. The number of rotatable bonds is 4.